The molecule has 0 unspecified atom stereocenters. The molecule has 11 heteroatoms. The van der Waals surface area contributed by atoms with Gasteiger partial charge in [0.05, 0.1) is 24.8 Å². The van der Waals surface area contributed by atoms with Crippen LogP contribution in [0.25, 0.3) is 0 Å². The monoisotopic (exact) mass is 663 g/mol. The molecule has 0 bridgehead atoms. The van der Waals surface area contributed by atoms with Gasteiger partial charge >= 0.3 is 0 Å². The zero-order chi connectivity index (χ0) is 33.1. The van der Waals surface area contributed by atoms with E-state index in [0.29, 0.717) is 35.1 Å². The van der Waals surface area contributed by atoms with E-state index in [1.807, 2.05) is 43.3 Å². The van der Waals surface area contributed by atoms with Gasteiger partial charge in [0.1, 0.15) is 24.1 Å². The first-order chi connectivity index (χ1) is 22.2. The highest BCUT2D eigenvalue weighted by molar-refractivity contribution is 7.92. The molecular weight excluding hydrogens is 626 g/mol. The van der Waals surface area contributed by atoms with Crippen LogP contribution in [0.5, 0.6) is 11.5 Å². The fourth-order valence-corrected chi connectivity index (χ4v) is 6.51. The SMILES string of the molecule is CCCNC(=O)[C@H](Cc1ccccc1)N(Cc1cccc(OC)c1)C(=O)CN(c1cccc(Cl)c1)S(=O)(=O)c1ccc(OC)cc1. The third-order valence-electron chi connectivity index (χ3n) is 7.33. The van der Waals surface area contributed by atoms with Crippen molar-refractivity contribution in [3.05, 3.63) is 119 Å². The maximum atomic E-state index is 14.5. The molecule has 0 saturated heterocycles. The molecule has 242 valence electrons. The summed E-state index contributed by atoms with van der Waals surface area (Å²) in [6.07, 6.45) is 0.921. The van der Waals surface area contributed by atoms with Gasteiger partial charge in [0.15, 0.2) is 0 Å². The Labute approximate surface area is 275 Å². The van der Waals surface area contributed by atoms with Crippen LogP contribution in [-0.2, 0) is 32.6 Å². The minimum absolute atomic E-state index is 0.0268. The fourth-order valence-electron chi connectivity index (χ4n) is 4.92. The highest BCUT2D eigenvalue weighted by atomic mass is 35.5. The summed E-state index contributed by atoms with van der Waals surface area (Å²) in [6, 6.07) is 27.8. The van der Waals surface area contributed by atoms with Gasteiger partial charge in [0.25, 0.3) is 10.0 Å². The normalized spacial score (nSPS) is 11.7. The summed E-state index contributed by atoms with van der Waals surface area (Å²) in [6.45, 7) is 1.80. The molecule has 0 spiro atoms. The van der Waals surface area contributed by atoms with Crippen molar-refractivity contribution in [2.75, 3.05) is 31.6 Å². The lowest BCUT2D eigenvalue weighted by Crippen LogP contribution is -2.53. The lowest BCUT2D eigenvalue weighted by molar-refractivity contribution is -0.140. The summed E-state index contributed by atoms with van der Waals surface area (Å²) in [5.41, 5.74) is 1.76. The summed E-state index contributed by atoms with van der Waals surface area (Å²) < 4.78 is 39.9. The number of nitrogens with one attached hydrogen (secondary N) is 1. The highest BCUT2D eigenvalue weighted by Gasteiger charge is 2.34. The molecule has 1 atom stereocenters. The van der Waals surface area contributed by atoms with E-state index >= 15 is 0 Å². The first kappa shape index (κ1) is 34.3. The fraction of sp³-hybridized carbons (Fsp3) is 0.257. The van der Waals surface area contributed by atoms with Crippen molar-refractivity contribution in [1.82, 2.24) is 10.2 Å². The van der Waals surface area contributed by atoms with Gasteiger partial charge in [-0.2, -0.15) is 0 Å². The van der Waals surface area contributed by atoms with Gasteiger partial charge in [-0.1, -0.05) is 67.1 Å². The minimum Gasteiger partial charge on any atom is -0.497 e. The van der Waals surface area contributed by atoms with Gasteiger partial charge in [0, 0.05) is 24.5 Å². The molecule has 0 heterocycles. The Morgan fingerprint density at radius 1 is 0.826 bits per heavy atom. The van der Waals surface area contributed by atoms with Crippen molar-refractivity contribution >= 4 is 39.1 Å². The smallest absolute Gasteiger partial charge is 0.264 e. The molecule has 46 heavy (non-hydrogen) atoms. The molecule has 1 N–H and O–H groups in total. The number of ether oxygens (including phenoxy) is 2. The Balaban J connectivity index is 1.80. The number of anilines is 1. The number of amides is 2. The second-order valence-corrected chi connectivity index (χ2v) is 12.8. The Morgan fingerprint density at radius 3 is 2.15 bits per heavy atom. The van der Waals surface area contributed by atoms with E-state index in [0.717, 1.165) is 9.87 Å². The molecule has 4 aromatic carbocycles. The standard InChI is InChI=1S/C35H38ClN3O6S/c1-4-20-37-35(41)33(22-26-10-6-5-7-11-26)38(24-27-12-8-15-31(21-27)45-3)34(40)25-39(29-14-9-13-28(36)23-29)46(42,43)32-18-16-30(44-2)17-19-32/h5-19,21,23,33H,4,20,22,24-25H2,1-3H3,(H,37,41)/t33-/m0/s1. The number of methoxy groups -OCH3 is 2. The van der Waals surface area contributed by atoms with E-state index in [9.17, 15) is 18.0 Å². The van der Waals surface area contributed by atoms with Gasteiger partial charge in [-0.25, -0.2) is 8.42 Å². The third kappa shape index (κ3) is 8.80. The number of nitrogens with zero attached hydrogens (tertiary/aromatic N) is 2. The number of carbonyl (C=O) groups is 2. The second-order valence-electron chi connectivity index (χ2n) is 10.5. The van der Waals surface area contributed by atoms with Crippen LogP contribution >= 0.6 is 11.6 Å². The molecule has 0 aliphatic rings. The van der Waals surface area contributed by atoms with E-state index in [1.54, 1.807) is 43.5 Å². The predicted octanol–water partition coefficient (Wildman–Crippen LogP) is 5.72. The van der Waals surface area contributed by atoms with Crippen molar-refractivity contribution in [2.45, 2.75) is 37.2 Å². The molecule has 0 aliphatic carbocycles. The number of hydrogen-bond donors (Lipinski definition) is 1. The molecule has 0 aliphatic heterocycles. The Bertz CT molecular complexity index is 1720. The van der Waals surface area contributed by atoms with Gasteiger partial charge in [0.2, 0.25) is 11.8 Å². The van der Waals surface area contributed by atoms with Crippen molar-refractivity contribution < 1.29 is 27.5 Å². The van der Waals surface area contributed by atoms with Crippen molar-refractivity contribution in [3.8, 4) is 11.5 Å². The van der Waals surface area contributed by atoms with E-state index in [-0.39, 0.29) is 29.5 Å². The molecule has 0 aromatic heterocycles. The van der Waals surface area contributed by atoms with Gasteiger partial charge in [-0.15, -0.1) is 0 Å². The van der Waals surface area contributed by atoms with Gasteiger partial charge < -0.3 is 19.7 Å². The van der Waals surface area contributed by atoms with Crippen LogP contribution < -0.4 is 19.1 Å². The zero-order valence-corrected chi connectivity index (χ0v) is 27.6. The molecule has 0 saturated carbocycles. The Kier molecular flexibility index (Phi) is 12.1. The maximum Gasteiger partial charge on any atom is 0.264 e. The summed E-state index contributed by atoms with van der Waals surface area (Å²) in [5, 5.41) is 3.24. The van der Waals surface area contributed by atoms with Crippen LogP contribution in [0.3, 0.4) is 0 Å². The number of hydrogen-bond acceptors (Lipinski definition) is 6. The van der Waals surface area contributed by atoms with E-state index in [2.05, 4.69) is 5.32 Å². The second kappa shape index (κ2) is 16.1. The molecule has 2 amide bonds. The number of sulfonamides is 1. The van der Waals surface area contributed by atoms with Crippen molar-refractivity contribution in [1.29, 1.82) is 0 Å². The lowest BCUT2D eigenvalue weighted by atomic mass is 10.0. The third-order valence-corrected chi connectivity index (χ3v) is 9.35. The predicted molar refractivity (Wildman–Crippen MR) is 180 cm³/mol. The van der Waals surface area contributed by atoms with Gasteiger partial charge in [-0.3, -0.25) is 13.9 Å². The van der Waals surface area contributed by atoms with E-state index < -0.39 is 28.5 Å². The van der Waals surface area contributed by atoms with Crippen LogP contribution in [0.4, 0.5) is 5.69 Å². The zero-order valence-electron chi connectivity index (χ0n) is 26.1. The van der Waals surface area contributed by atoms with Crippen LogP contribution in [0.15, 0.2) is 108 Å². The minimum atomic E-state index is -4.28. The number of carbonyl (C=O) groups excluding carboxylic acids is 2. The molecule has 4 rings (SSSR count). The first-order valence-corrected chi connectivity index (χ1v) is 16.6. The van der Waals surface area contributed by atoms with Crippen LogP contribution in [-0.4, -0.2) is 58.5 Å². The Morgan fingerprint density at radius 2 is 1.50 bits per heavy atom. The average Bonchev–Trinajstić information content (AvgIpc) is 3.08. The van der Waals surface area contributed by atoms with Crippen LogP contribution in [0.1, 0.15) is 24.5 Å². The quantitative estimate of drug-likeness (QED) is 0.175. The Hall–Kier alpha value is -4.54. The number of rotatable bonds is 15. The summed E-state index contributed by atoms with van der Waals surface area (Å²) in [4.78, 5) is 29.7. The van der Waals surface area contributed by atoms with Crippen LogP contribution in [0, 0.1) is 0 Å². The van der Waals surface area contributed by atoms with Gasteiger partial charge in [-0.05, 0) is 72.1 Å². The molecular formula is C35H38ClN3O6S. The number of benzene rings is 4. The summed E-state index contributed by atoms with van der Waals surface area (Å²) in [7, 11) is -1.24. The summed E-state index contributed by atoms with van der Waals surface area (Å²) in [5.74, 6) is 0.153. The molecule has 4 aromatic rings. The first-order valence-electron chi connectivity index (χ1n) is 14.8. The molecule has 0 radical (unpaired) electrons. The van der Waals surface area contributed by atoms with Crippen LogP contribution in [0.2, 0.25) is 5.02 Å². The van der Waals surface area contributed by atoms with Crippen molar-refractivity contribution in [2.24, 2.45) is 0 Å². The largest absolute Gasteiger partial charge is 0.497 e. The summed E-state index contributed by atoms with van der Waals surface area (Å²) >= 11 is 6.29. The number of halogens is 1. The highest BCUT2D eigenvalue weighted by Crippen LogP contribution is 2.28. The topological polar surface area (TPSA) is 105 Å². The molecule has 0 fully saturated rings. The molecule has 9 nitrogen and oxygen atoms in total. The van der Waals surface area contributed by atoms with E-state index in [1.165, 1.54) is 42.3 Å². The maximum absolute atomic E-state index is 14.5. The average molecular weight is 664 g/mol. The lowest BCUT2D eigenvalue weighted by Gasteiger charge is -2.34. The van der Waals surface area contributed by atoms with Crippen molar-refractivity contribution in [3.63, 3.8) is 0 Å². The van der Waals surface area contributed by atoms with E-state index in [4.69, 9.17) is 21.1 Å².